The van der Waals surface area contributed by atoms with Crippen molar-refractivity contribution in [3.05, 3.63) is 29.8 Å². The van der Waals surface area contributed by atoms with Crippen LogP contribution in [0, 0.1) is 5.92 Å². The van der Waals surface area contributed by atoms with Gasteiger partial charge in [0.25, 0.3) is 0 Å². The molecule has 1 aliphatic rings. The smallest absolute Gasteiger partial charge is 0.166 e. The molecule has 0 aliphatic carbocycles. The van der Waals surface area contributed by atoms with E-state index in [0.29, 0.717) is 18.1 Å². The summed E-state index contributed by atoms with van der Waals surface area (Å²) in [5.74, 6) is 3.88. The van der Waals surface area contributed by atoms with E-state index in [1.54, 1.807) is 7.11 Å². The Balaban J connectivity index is 2.03. The molecule has 17 heavy (non-hydrogen) atoms. The Morgan fingerprint density at radius 1 is 1.35 bits per heavy atom. The predicted octanol–water partition coefficient (Wildman–Crippen LogP) is 3.41. The standard InChI is InChI=1S/C14H18O2S/c1-16-14-5-3-2-4-12(14)13(15)10-11-6-8-17-9-7-11/h2-5,11H,6-10H2,1H3. The summed E-state index contributed by atoms with van der Waals surface area (Å²) in [5, 5.41) is 0. The third kappa shape index (κ3) is 3.25. The number of para-hydroxylation sites is 1. The van der Waals surface area contributed by atoms with Crippen LogP contribution in [0.4, 0.5) is 0 Å². The average Bonchev–Trinajstić information content (AvgIpc) is 2.40. The Labute approximate surface area is 107 Å². The maximum atomic E-state index is 12.2. The molecular weight excluding hydrogens is 232 g/mol. The van der Waals surface area contributed by atoms with Crippen LogP contribution in [0.3, 0.4) is 0 Å². The van der Waals surface area contributed by atoms with E-state index in [0.717, 1.165) is 5.56 Å². The summed E-state index contributed by atoms with van der Waals surface area (Å²) in [6.45, 7) is 0. The molecule has 1 heterocycles. The summed E-state index contributed by atoms with van der Waals surface area (Å²) in [7, 11) is 1.61. The van der Waals surface area contributed by atoms with Crippen molar-refractivity contribution in [1.29, 1.82) is 0 Å². The maximum absolute atomic E-state index is 12.2. The van der Waals surface area contributed by atoms with Crippen molar-refractivity contribution in [2.75, 3.05) is 18.6 Å². The topological polar surface area (TPSA) is 26.3 Å². The van der Waals surface area contributed by atoms with Gasteiger partial charge in [0.15, 0.2) is 5.78 Å². The molecule has 1 fully saturated rings. The molecule has 2 rings (SSSR count). The quantitative estimate of drug-likeness (QED) is 0.766. The molecule has 0 radical (unpaired) electrons. The number of hydrogen-bond acceptors (Lipinski definition) is 3. The van der Waals surface area contributed by atoms with Crippen molar-refractivity contribution >= 4 is 17.5 Å². The highest BCUT2D eigenvalue weighted by atomic mass is 32.2. The number of ether oxygens (including phenoxy) is 1. The number of hydrogen-bond donors (Lipinski definition) is 0. The van der Waals surface area contributed by atoms with E-state index in [9.17, 15) is 4.79 Å². The molecule has 92 valence electrons. The first kappa shape index (κ1) is 12.5. The summed E-state index contributed by atoms with van der Waals surface area (Å²) in [4.78, 5) is 12.2. The first-order valence-corrected chi connectivity index (χ1v) is 7.20. The third-order valence-electron chi connectivity index (χ3n) is 3.22. The molecule has 3 heteroatoms. The van der Waals surface area contributed by atoms with Crippen LogP contribution >= 0.6 is 11.8 Å². The van der Waals surface area contributed by atoms with Crippen LogP contribution in [0.5, 0.6) is 5.75 Å². The Kier molecular flexibility index (Phi) is 4.49. The fourth-order valence-electron chi connectivity index (χ4n) is 2.20. The molecule has 1 aliphatic heterocycles. The zero-order valence-electron chi connectivity index (χ0n) is 10.1. The highest BCUT2D eigenvalue weighted by Crippen LogP contribution is 2.28. The van der Waals surface area contributed by atoms with Crippen LogP contribution in [0.15, 0.2) is 24.3 Å². The second-order valence-electron chi connectivity index (χ2n) is 4.38. The Hall–Kier alpha value is -0.960. The van der Waals surface area contributed by atoms with Gasteiger partial charge in [0.05, 0.1) is 12.7 Å². The van der Waals surface area contributed by atoms with Gasteiger partial charge in [-0.25, -0.2) is 0 Å². The molecule has 1 aromatic rings. The molecule has 0 aromatic heterocycles. The van der Waals surface area contributed by atoms with Crippen molar-refractivity contribution in [1.82, 2.24) is 0 Å². The Morgan fingerprint density at radius 2 is 2.06 bits per heavy atom. The fraction of sp³-hybridized carbons (Fsp3) is 0.500. The van der Waals surface area contributed by atoms with Crippen molar-refractivity contribution < 1.29 is 9.53 Å². The molecule has 2 nitrogen and oxygen atoms in total. The van der Waals surface area contributed by atoms with Crippen LogP contribution in [0.25, 0.3) is 0 Å². The molecular formula is C14H18O2S. The summed E-state index contributed by atoms with van der Waals surface area (Å²) in [6, 6.07) is 7.50. The monoisotopic (exact) mass is 250 g/mol. The van der Waals surface area contributed by atoms with E-state index < -0.39 is 0 Å². The van der Waals surface area contributed by atoms with Gasteiger partial charge >= 0.3 is 0 Å². The van der Waals surface area contributed by atoms with Gasteiger partial charge < -0.3 is 4.74 Å². The van der Waals surface area contributed by atoms with Crippen molar-refractivity contribution in [2.45, 2.75) is 19.3 Å². The van der Waals surface area contributed by atoms with Gasteiger partial charge in [0, 0.05) is 6.42 Å². The average molecular weight is 250 g/mol. The SMILES string of the molecule is COc1ccccc1C(=O)CC1CCSCC1. The van der Waals surface area contributed by atoms with Gasteiger partial charge in [0.1, 0.15) is 5.75 Å². The lowest BCUT2D eigenvalue weighted by atomic mass is 9.93. The summed E-state index contributed by atoms with van der Waals surface area (Å²) in [5.41, 5.74) is 0.730. The Morgan fingerprint density at radius 3 is 2.76 bits per heavy atom. The molecule has 0 atom stereocenters. The van der Waals surface area contributed by atoms with Crippen LogP contribution in [0.2, 0.25) is 0 Å². The minimum absolute atomic E-state index is 0.222. The number of methoxy groups -OCH3 is 1. The minimum atomic E-state index is 0.222. The van der Waals surface area contributed by atoms with E-state index in [2.05, 4.69) is 0 Å². The molecule has 0 spiro atoms. The first-order chi connectivity index (χ1) is 8.31. The van der Waals surface area contributed by atoms with Crippen LogP contribution < -0.4 is 4.74 Å². The largest absolute Gasteiger partial charge is 0.496 e. The maximum Gasteiger partial charge on any atom is 0.166 e. The van der Waals surface area contributed by atoms with E-state index in [-0.39, 0.29) is 5.78 Å². The van der Waals surface area contributed by atoms with E-state index in [1.807, 2.05) is 36.0 Å². The summed E-state index contributed by atoms with van der Waals surface area (Å²) >= 11 is 1.99. The van der Waals surface area contributed by atoms with Gasteiger partial charge in [-0.1, -0.05) is 12.1 Å². The second-order valence-corrected chi connectivity index (χ2v) is 5.61. The molecule has 0 unspecified atom stereocenters. The third-order valence-corrected chi connectivity index (χ3v) is 4.27. The van der Waals surface area contributed by atoms with E-state index in [4.69, 9.17) is 4.74 Å². The van der Waals surface area contributed by atoms with Crippen molar-refractivity contribution in [2.24, 2.45) is 5.92 Å². The van der Waals surface area contributed by atoms with Crippen molar-refractivity contribution in [3.63, 3.8) is 0 Å². The second kappa shape index (κ2) is 6.10. The fourth-order valence-corrected chi connectivity index (χ4v) is 3.40. The number of carbonyl (C=O) groups excluding carboxylic acids is 1. The summed E-state index contributed by atoms with van der Waals surface area (Å²) in [6.07, 6.45) is 3.01. The lowest BCUT2D eigenvalue weighted by molar-refractivity contribution is 0.0955. The zero-order valence-corrected chi connectivity index (χ0v) is 11.0. The Bertz CT molecular complexity index is 384. The lowest BCUT2D eigenvalue weighted by Crippen LogP contribution is -2.15. The van der Waals surface area contributed by atoms with Gasteiger partial charge in [-0.2, -0.15) is 11.8 Å². The van der Waals surface area contributed by atoms with Crippen molar-refractivity contribution in [3.8, 4) is 5.75 Å². The molecule has 1 aromatic carbocycles. The molecule has 0 saturated carbocycles. The van der Waals surface area contributed by atoms with Crippen LogP contribution in [-0.2, 0) is 0 Å². The number of thioether (sulfide) groups is 1. The highest BCUT2D eigenvalue weighted by molar-refractivity contribution is 7.99. The molecule has 0 bridgehead atoms. The zero-order chi connectivity index (χ0) is 12.1. The van der Waals surface area contributed by atoms with Gasteiger partial charge in [-0.15, -0.1) is 0 Å². The molecule has 0 N–H and O–H groups in total. The minimum Gasteiger partial charge on any atom is -0.496 e. The number of rotatable bonds is 4. The number of ketones is 1. The normalized spacial score (nSPS) is 16.8. The van der Waals surface area contributed by atoms with Gasteiger partial charge in [-0.3, -0.25) is 4.79 Å². The van der Waals surface area contributed by atoms with Crippen LogP contribution in [0.1, 0.15) is 29.6 Å². The predicted molar refractivity (Wildman–Crippen MR) is 72.0 cm³/mol. The van der Waals surface area contributed by atoms with E-state index >= 15 is 0 Å². The van der Waals surface area contributed by atoms with Crippen LogP contribution in [-0.4, -0.2) is 24.4 Å². The molecule has 0 amide bonds. The number of Topliss-reactive ketones (excluding diaryl/α,β-unsaturated/α-hetero) is 1. The van der Waals surface area contributed by atoms with Gasteiger partial charge in [0.2, 0.25) is 0 Å². The molecule has 1 saturated heterocycles. The lowest BCUT2D eigenvalue weighted by Gasteiger charge is -2.20. The number of carbonyl (C=O) groups is 1. The van der Waals surface area contributed by atoms with Gasteiger partial charge in [-0.05, 0) is 42.4 Å². The summed E-state index contributed by atoms with van der Waals surface area (Å²) < 4.78 is 5.23. The number of benzene rings is 1. The first-order valence-electron chi connectivity index (χ1n) is 6.05. The highest BCUT2D eigenvalue weighted by Gasteiger charge is 2.19. The van der Waals surface area contributed by atoms with E-state index in [1.165, 1.54) is 24.3 Å².